The topological polar surface area (TPSA) is 64.1 Å². The van der Waals surface area contributed by atoms with Crippen molar-refractivity contribution < 1.29 is 5.11 Å². The van der Waals surface area contributed by atoms with Crippen molar-refractivity contribution in [2.24, 2.45) is 5.41 Å². The van der Waals surface area contributed by atoms with Crippen LogP contribution in [0.5, 0.6) is 0 Å². The molecule has 4 nitrogen and oxygen atoms in total. The number of halogens is 1. The minimum atomic E-state index is -0.474. The van der Waals surface area contributed by atoms with Crippen LogP contribution >= 0.6 is 11.6 Å². The fourth-order valence-electron chi connectivity index (χ4n) is 0.957. The third-order valence-electron chi connectivity index (χ3n) is 2.10. The molecule has 1 rings (SSSR count). The lowest BCUT2D eigenvalue weighted by atomic mass is 9.89. The van der Waals surface area contributed by atoms with E-state index in [0.717, 1.165) is 0 Å². The Balaban J connectivity index is 2.70. The molecule has 1 aromatic rings. The molecule has 0 fully saturated rings. The third kappa shape index (κ3) is 2.62. The Labute approximate surface area is 88.7 Å². The summed E-state index contributed by atoms with van der Waals surface area (Å²) in [4.78, 5) is 0. The van der Waals surface area contributed by atoms with Crippen molar-refractivity contribution in [2.75, 3.05) is 5.73 Å². The molecule has 0 aliphatic heterocycles. The normalized spacial score (nSPS) is 14.4. The molecule has 0 radical (unpaired) electrons. The first-order chi connectivity index (χ1) is 6.30. The van der Waals surface area contributed by atoms with Gasteiger partial charge in [-0.3, -0.25) is 4.68 Å². The highest BCUT2D eigenvalue weighted by Crippen LogP contribution is 2.22. The third-order valence-corrected chi connectivity index (χ3v) is 2.39. The molecule has 0 spiro atoms. The van der Waals surface area contributed by atoms with Crippen LogP contribution in [0.3, 0.4) is 0 Å². The van der Waals surface area contributed by atoms with E-state index in [4.69, 9.17) is 17.3 Å². The Morgan fingerprint density at radius 3 is 2.57 bits per heavy atom. The van der Waals surface area contributed by atoms with E-state index >= 15 is 0 Å². The molecule has 0 aromatic carbocycles. The second-order valence-corrected chi connectivity index (χ2v) is 4.87. The average molecular weight is 218 g/mol. The van der Waals surface area contributed by atoms with Gasteiger partial charge in [0.05, 0.1) is 12.6 Å². The van der Waals surface area contributed by atoms with E-state index in [1.165, 1.54) is 0 Å². The van der Waals surface area contributed by atoms with Gasteiger partial charge in [-0.1, -0.05) is 32.4 Å². The van der Waals surface area contributed by atoms with Crippen molar-refractivity contribution in [3.63, 3.8) is 0 Å². The van der Waals surface area contributed by atoms with Gasteiger partial charge < -0.3 is 10.8 Å². The Morgan fingerprint density at radius 1 is 1.64 bits per heavy atom. The fraction of sp³-hybridized carbons (Fsp3) is 0.667. The van der Waals surface area contributed by atoms with Gasteiger partial charge in [-0.25, -0.2) is 0 Å². The van der Waals surface area contributed by atoms with Gasteiger partial charge in [0.15, 0.2) is 5.82 Å². The molecule has 1 atom stereocenters. The van der Waals surface area contributed by atoms with Gasteiger partial charge in [0.1, 0.15) is 5.02 Å². The molecule has 14 heavy (non-hydrogen) atoms. The van der Waals surface area contributed by atoms with E-state index in [1.807, 2.05) is 20.8 Å². The quantitative estimate of drug-likeness (QED) is 0.790. The standard InChI is InChI=1S/C9H16ClN3O/c1-9(2,3)7(14)5-13-4-6(10)8(11)12-13/h4,7,14H,5H2,1-3H3,(H2,11,12). The molecule has 80 valence electrons. The number of nitrogen functional groups attached to an aromatic ring is 1. The van der Waals surface area contributed by atoms with Crippen LogP contribution in [0.25, 0.3) is 0 Å². The van der Waals surface area contributed by atoms with Gasteiger partial charge in [0.25, 0.3) is 0 Å². The summed E-state index contributed by atoms with van der Waals surface area (Å²) in [5, 5.41) is 14.2. The second kappa shape index (κ2) is 3.79. The van der Waals surface area contributed by atoms with Crippen LogP contribution in [-0.4, -0.2) is 21.0 Å². The van der Waals surface area contributed by atoms with Crippen molar-refractivity contribution in [3.05, 3.63) is 11.2 Å². The summed E-state index contributed by atoms with van der Waals surface area (Å²) in [6.45, 7) is 6.30. The predicted octanol–water partition coefficient (Wildman–Crippen LogP) is 1.53. The summed E-state index contributed by atoms with van der Waals surface area (Å²) in [6.07, 6.45) is 1.14. The van der Waals surface area contributed by atoms with E-state index in [2.05, 4.69) is 5.10 Å². The number of hydrogen-bond acceptors (Lipinski definition) is 3. The smallest absolute Gasteiger partial charge is 0.164 e. The number of nitrogens with zero attached hydrogens (tertiary/aromatic N) is 2. The Hall–Kier alpha value is -0.740. The number of nitrogens with two attached hydrogens (primary N) is 1. The van der Waals surface area contributed by atoms with Crippen LogP contribution in [0.15, 0.2) is 6.20 Å². The Morgan fingerprint density at radius 2 is 2.21 bits per heavy atom. The monoisotopic (exact) mass is 217 g/mol. The van der Waals surface area contributed by atoms with Gasteiger partial charge in [0.2, 0.25) is 0 Å². The molecule has 5 heteroatoms. The maximum Gasteiger partial charge on any atom is 0.164 e. The Kier molecular flexibility index (Phi) is 3.07. The minimum absolute atomic E-state index is 0.173. The zero-order chi connectivity index (χ0) is 10.9. The number of aliphatic hydroxyl groups is 1. The van der Waals surface area contributed by atoms with Gasteiger partial charge in [-0.05, 0) is 5.41 Å². The highest BCUT2D eigenvalue weighted by molar-refractivity contribution is 6.32. The number of anilines is 1. The summed E-state index contributed by atoms with van der Waals surface area (Å²) in [5.41, 5.74) is 5.31. The van der Waals surface area contributed by atoms with E-state index < -0.39 is 6.10 Å². The maximum atomic E-state index is 9.79. The fourth-order valence-corrected chi connectivity index (χ4v) is 1.11. The van der Waals surface area contributed by atoms with Crippen LogP contribution in [-0.2, 0) is 6.54 Å². The Bertz CT molecular complexity index is 297. The summed E-state index contributed by atoms with van der Waals surface area (Å²) in [5.74, 6) is 0.299. The van der Waals surface area contributed by atoms with Crippen molar-refractivity contribution in [1.82, 2.24) is 9.78 Å². The highest BCUT2D eigenvalue weighted by atomic mass is 35.5. The van der Waals surface area contributed by atoms with Crippen LogP contribution in [0.1, 0.15) is 20.8 Å². The summed E-state index contributed by atoms with van der Waals surface area (Å²) in [6, 6.07) is 0. The lowest BCUT2D eigenvalue weighted by Gasteiger charge is -2.25. The zero-order valence-electron chi connectivity index (χ0n) is 8.66. The first kappa shape index (κ1) is 11.3. The van der Waals surface area contributed by atoms with Crippen molar-refractivity contribution in [3.8, 4) is 0 Å². The molecular formula is C9H16ClN3O. The van der Waals surface area contributed by atoms with Crippen LogP contribution in [0.2, 0.25) is 5.02 Å². The molecule has 0 aliphatic carbocycles. The molecule has 0 bridgehead atoms. The molecule has 0 amide bonds. The van der Waals surface area contributed by atoms with Crippen LogP contribution in [0, 0.1) is 5.41 Å². The van der Waals surface area contributed by atoms with E-state index in [1.54, 1.807) is 10.9 Å². The molecule has 1 unspecified atom stereocenters. The number of hydrogen-bond donors (Lipinski definition) is 2. The minimum Gasteiger partial charge on any atom is -0.391 e. The lowest BCUT2D eigenvalue weighted by Crippen LogP contribution is -2.30. The van der Waals surface area contributed by atoms with Crippen molar-refractivity contribution in [1.29, 1.82) is 0 Å². The van der Waals surface area contributed by atoms with Crippen molar-refractivity contribution in [2.45, 2.75) is 33.4 Å². The number of aliphatic hydroxyl groups excluding tert-OH is 1. The molecule has 0 saturated carbocycles. The molecule has 1 heterocycles. The highest BCUT2D eigenvalue weighted by Gasteiger charge is 2.22. The van der Waals surface area contributed by atoms with Crippen LogP contribution < -0.4 is 5.73 Å². The summed E-state index contributed by atoms with van der Waals surface area (Å²) >= 11 is 5.74. The van der Waals surface area contributed by atoms with Gasteiger partial charge in [-0.15, -0.1) is 0 Å². The number of rotatable bonds is 2. The summed E-state index contributed by atoms with van der Waals surface area (Å²) < 4.78 is 1.56. The average Bonchev–Trinajstić information content (AvgIpc) is 2.29. The number of aromatic nitrogens is 2. The summed E-state index contributed by atoms with van der Waals surface area (Å²) in [7, 11) is 0. The van der Waals surface area contributed by atoms with Gasteiger partial charge in [0, 0.05) is 6.20 Å². The second-order valence-electron chi connectivity index (χ2n) is 4.47. The molecular weight excluding hydrogens is 202 g/mol. The molecule has 3 N–H and O–H groups in total. The maximum absolute atomic E-state index is 9.79. The van der Waals surface area contributed by atoms with Gasteiger partial charge >= 0.3 is 0 Å². The predicted molar refractivity (Wildman–Crippen MR) is 57.1 cm³/mol. The van der Waals surface area contributed by atoms with E-state index in [0.29, 0.717) is 17.4 Å². The van der Waals surface area contributed by atoms with Gasteiger partial charge in [-0.2, -0.15) is 5.10 Å². The van der Waals surface area contributed by atoms with E-state index in [9.17, 15) is 5.11 Å². The SMILES string of the molecule is CC(C)(C)C(O)Cn1cc(Cl)c(N)n1. The first-order valence-corrected chi connectivity index (χ1v) is 4.85. The molecule has 0 saturated heterocycles. The lowest BCUT2D eigenvalue weighted by molar-refractivity contribution is 0.0451. The van der Waals surface area contributed by atoms with Crippen molar-refractivity contribution >= 4 is 17.4 Å². The molecule has 0 aliphatic rings. The largest absolute Gasteiger partial charge is 0.391 e. The first-order valence-electron chi connectivity index (χ1n) is 4.47. The molecule has 1 aromatic heterocycles. The van der Waals surface area contributed by atoms with E-state index in [-0.39, 0.29) is 5.41 Å². The van der Waals surface area contributed by atoms with Crippen LogP contribution in [0.4, 0.5) is 5.82 Å². The zero-order valence-corrected chi connectivity index (χ0v) is 9.41.